The Morgan fingerprint density at radius 3 is 2.12 bits per heavy atom. The number of nitrogens with zero attached hydrogens (tertiary/aromatic N) is 5. The number of aromatic carboxylic acids is 1. The molecule has 0 unspecified atom stereocenters. The van der Waals surface area contributed by atoms with Gasteiger partial charge in [0, 0.05) is 23.4 Å². The molecular weight excluding hydrogens is 444 g/mol. The topological polar surface area (TPSA) is 169 Å². The fourth-order valence-corrected chi connectivity index (χ4v) is 3.02. The Labute approximate surface area is 193 Å². The minimum Gasteiger partial charge on any atom is -0.493 e. The average Bonchev–Trinajstić information content (AvgIpc) is 3.32. The fourth-order valence-electron chi connectivity index (χ4n) is 3.02. The SMILES string of the molecule is COc1cc(Nc2ncnc(Nc3n[nH]c(-c4ccc(C(=O)O)cc4)n3)n2)cc(OC)c1OC. The lowest BCUT2D eigenvalue weighted by atomic mass is 10.1. The van der Waals surface area contributed by atoms with Gasteiger partial charge in [0.2, 0.25) is 23.6 Å². The van der Waals surface area contributed by atoms with E-state index in [0.717, 1.165) is 0 Å². The van der Waals surface area contributed by atoms with Crippen molar-refractivity contribution in [1.29, 1.82) is 0 Å². The van der Waals surface area contributed by atoms with Crippen molar-refractivity contribution in [2.24, 2.45) is 0 Å². The van der Waals surface area contributed by atoms with E-state index in [9.17, 15) is 4.79 Å². The Bertz CT molecular complexity index is 1280. The van der Waals surface area contributed by atoms with Crippen LogP contribution in [0.4, 0.5) is 23.5 Å². The number of carbonyl (C=O) groups is 1. The standard InChI is InChI=1S/C21H20N8O5/c1-32-14-8-13(9-15(33-2)16(14)34-3)24-19-22-10-23-20(26-19)27-21-25-17(28-29-21)11-4-6-12(7-5-11)18(30)31/h4-10H,1-3H3,(H,30,31)(H3,22,23,24,25,26,27,28,29). The number of methoxy groups -OCH3 is 3. The van der Waals surface area contributed by atoms with Crippen molar-refractivity contribution in [3.8, 4) is 28.6 Å². The van der Waals surface area contributed by atoms with Crippen LogP contribution in [0.15, 0.2) is 42.7 Å². The third-order valence-electron chi connectivity index (χ3n) is 4.61. The molecule has 174 valence electrons. The van der Waals surface area contributed by atoms with E-state index < -0.39 is 5.97 Å². The predicted molar refractivity (Wildman–Crippen MR) is 121 cm³/mol. The first-order valence-electron chi connectivity index (χ1n) is 9.80. The van der Waals surface area contributed by atoms with Gasteiger partial charge in [-0.25, -0.2) is 14.8 Å². The summed E-state index contributed by atoms with van der Waals surface area (Å²) in [4.78, 5) is 27.9. The van der Waals surface area contributed by atoms with Crippen molar-refractivity contribution in [2.45, 2.75) is 0 Å². The van der Waals surface area contributed by atoms with Gasteiger partial charge in [-0.15, -0.1) is 5.10 Å². The molecule has 2 aromatic carbocycles. The van der Waals surface area contributed by atoms with Gasteiger partial charge in [-0.3, -0.25) is 10.4 Å². The molecule has 0 radical (unpaired) electrons. The quantitative estimate of drug-likeness (QED) is 0.286. The number of aromatic nitrogens is 6. The zero-order valence-electron chi connectivity index (χ0n) is 18.4. The molecule has 0 saturated carbocycles. The number of aromatic amines is 1. The molecule has 0 amide bonds. The zero-order valence-corrected chi connectivity index (χ0v) is 18.4. The highest BCUT2D eigenvalue weighted by molar-refractivity contribution is 5.88. The smallest absolute Gasteiger partial charge is 0.335 e. The lowest BCUT2D eigenvalue weighted by Gasteiger charge is -2.14. The van der Waals surface area contributed by atoms with E-state index in [1.807, 2.05) is 0 Å². The van der Waals surface area contributed by atoms with Crippen molar-refractivity contribution in [3.05, 3.63) is 48.3 Å². The summed E-state index contributed by atoms with van der Waals surface area (Å²) in [6.07, 6.45) is 1.33. The van der Waals surface area contributed by atoms with Gasteiger partial charge in [-0.2, -0.15) is 9.97 Å². The number of nitrogens with one attached hydrogen (secondary N) is 3. The van der Waals surface area contributed by atoms with Crippen LogP contribution < -0.4 is 24.8 Å². The van der Waals surface area contributed by atoms with Crippen LogP contribution in [0.25, 0.3) is 11.4 Å². The number of carboxylic acid groups (broad SMARTS) is 1. The van der Waals surface area contributed by atoms with Crippen LogP contribution in [0.1, 0.15) is 10.4 Å². The molecule has 2 aromatic heterocycles. The highest BCUT2D eigenvalue weighted by Crippen LogP contribution is 2.40. The molecular formula is C21H20N8O5. The molecule has 0 spiro atoms. The first kappa shape index (κ1) is 22.3. The van der Waals surface area contributed by atoms with Gasteiger partial charge >= 0.3 is 5.97 Å². The molecule has 0 bridgehead atoms. The highest BCUT2D eigenvalue weighted by atomic mass is 16.5. The van der Waals surface area contributed by atoms with E-state index in [4.69, 9.17) is 19.3 Å². The van der Waals surface area contributed by atoms with E-state index in [2.05, 4.69) is 40.8 Å². The average molecular weight is 464 g/mol. The molecule has 0 atom stereocenters. The molecule has 4 rings (SSSR count). The number of rotatable bonds is 9. The monoisotopic (exact) mass is 464 g/mol. The second kappa shape index (κ2) is 9.68. The van der Waals surface area contributed by atoms with Gasteiger partial charge in [0.25, 0.3) is 0 Å². The molecule has 0 aliphatic heterocycles. The van der Waals surface area contributed by atoms with Crippen molar-refractivity contribution < 1.29 is 24.1 Å². The number of anilines is 4. The number of hydrogen-bond donors (Lipinski definition) is 4. The first-order valence-corrected chi connectivity index (χ1v) is 9.80. The van der Waals surface area contributed by atoms with Crippen LogP contribution in [0.2, 0.25) is 0 Å². The predicted octanol–water partition coefficient (Wildman–Crippen LogP) is 2.87. The minimum absolute atomic E-state index is 0.180. The van der Waals surface area contributed by atoms with Crippen LogP contribution in [-0.2, 0) is 0 Å². The van der Waals surface area contributed by atoms with Crippen LogP contribution in [-0.4, -0.2) is 62.5 Å². The highest BCUT2D eigenvalue weighted by Gasteiger charge is 2.14. The van der Waals surface area contributed by atoms with Gasteiger partial charge in [0.1, 0.15) is 6.33 Å². The Balaban J connectivity index is 1.50. The van der Waals surface area contributed by atoms with Crippen molar-refractivity contribution in [3.63, 3.8) is 0 Å². The third-order valence-corrected chi connectivity index (χ3v) is 4.61. The minimum atomic E-state index is -1.00. The molecule has 4 N–H and O–H groups in total. The van der Waals surface area contributed by atoms with E-state index in [0.29, 0.717) is 34.3 Å². The number of carboxylic acids is 1. The van der Waals surface area contributed by atoms with Crippen molar-refractivity contribution in [1.82, 2.24) is 30.1 Å². The molecule has 13 nitrogen and oxygen atoms in total. The van der Waals surface area contributed by atoms with E-state index in [-0.39, 0.29) is 23.4 Å². The molecule has 0 aliphatic carbocycles. The van der Waals surface area contributed by atoms with Crippen molar-refractivity contribution >= 4 is 29.5 Å². The lowest BCUT2D eigenvalue weighted by molar-refractivity contribution is 0.0697. The summed E-state index contributed by atoms with van der Waals surface area (Å²) in [5.41, 5.74) is 1.46. The maximum atomic E-state index is 11.0. The van der Waals surface area contributed by atoms with Crippen LogP contribution in [0, 0.1) is 0 Å². The number of ether oxygens (including phenoxy) is 3. The fraction of sp³-hybridized carbons (Fsp3) is 0.143. The summed E-state index contributed by atoms with van der Waals surface area (Å²) in [5.74, 6) is 1.54. The van der Waals surface area contributed by atoms with Gasteiger partial charge in [0.15, 0.2) is 17.3 Å². The maximum Gasteiger partial charge on any atom is 0.335 e. The first-order chi connectivity index (χ1) is 16.5. The summed E-state index contributed by atoms with van der Waals surface area (Å²) in [6, 6.07) is 9.68. The summed E-state index contributed by atoms with van der Waals surface area (Å²) in [5, 5.41) is 21.9. The molecule has 2 heterocycles. The Morgan fingerprint density at radius 1 is 0.882 bits per heavy atom. The summed E-state index contributed by atoms with van der Waals surface area (Å²) < 4.78 is 16.0. The Kier molecular flexibility index (Phi) is 6.34. The second-order valence-corrected chi connectivity index (χ2v) is 6.69. The summed E-state index contributed by atoms with van der Waals surface area (Å²) in [6.45, 7) is 0. The summed E-state index contributed by atoms with van der Waals surface area (Å²) in [7, 11) is 4.58. The molecule has 34 heavy (non-hydrogen) atoms. The van der Waals surface area contributed by atoms with Gasteiger partial charge in [0.05, 0.1) is 26.9 Å². The van der Waals surface area contributed by atoms with Crippen LogP contribution in [0.5, 0.6) is 17.2 Å². The maximum absolute atomic E-state index is 11.0. The second-order valence-electron chi connectivity index (χ2n) is 6.69. The molecule has 0 aliphatic rings. The molecule has 0 fully saturated rings. The van der Waals surface area contributed by atoms with Gasteiger partial charge in [-0.05, 0) is 12.1 Å². The zero-order chi connectivity index (χ0) is 24.1. The van der Waals surface area contributed by atoms with E-state index in [1.54, 1.807) is 24.3 Å². The summed E-state index contributed by atoms with van der Waals surface area (Å²) >= 11 is 0. The Hall–Kier alpha value is -4.94. The van der Waals surface area contributed by atoms with Crippen molar-refractivity contribution in [2.75, 3.05) is 32.0 Å². The molecule has 0 saturated heterocycles. The molecule has 13 heteroatoms. The lowest BCUT2D eigenvalue weighted by Crippen LogP contribution is -2.04. The van der Waals surface area contributed by atoms with E-state index in [1.165, 1.54) is 39.8 Å². The normalized spacial score (nSPS) is 10.4. The van der Waals surface area contributed by atoms with Gasteiger partial charge in [-0.1, -0.05) is 12.1 Å². The Morgan fingerprint density at radius 2 is 1.53 bits per heavy atom. The van der Waals surface area contributed by atoms with Crippen LogP contribution >= 0.6 is 0 Å². The van der Waals surface area contributed by atoms with E-state index >= 15 is 0 Å². The third kappa shape index (κ3) is 4.77. The molecule has 4 aromatic rings. The number of H-pyrrole nitrogens is 1. The number of benzene rings is 2. The van der Waals surface area contributed by atoms with Gasteiger partial charge < -0.3 is 24.6 Å². The van der Waals surface area contributed by atoms with Crippen LogP contribution in [0.3, 0.4) is 0 Å². The number of hydrogen-bond acceptors (Lipinski definition) is 11. The largest absolute Gasteiger partial charge is 0.493 e.